The molecular weight excluding hydrogens is 188 g/mol. The average molecular weight is 201 g/mol. The first-order valence-electron chi connectivity index (χ1n) is 4.22. The van der Waals surface area contributed by atoms with Crippen molar-refractivity contribution in [1.29, 1.82) is 0 Å². The largest absolute Gasteiger partial charge is 0.396 e. The summed E-state index contributed by atoms with van der Waals surface area (Å²) in [5, 5.41) is 12.3. The van der Waals surface area contributed by atoms with Crippen molar-refractivity contribution in [2.24, 2.45) is 0 Å². The minimum Gasteiger partial charge on any atom is -0.396 e. The Labute approximate surface area is 82.8 Å². The number of hydrogen-bond donors (Lipinski definition) is 2. The molecule has 0 saturated heterocycles. The molecule has 72 valence electrons. The van der Waals surface area contributed by atoms with Crippen LogP contribution in [0.15, 0.2) is 18.2 Å². The van der Waals surface area contributed by atoms with Crippen LogP contribution >= 0.6 is 11.6 Å². The molecule has 13 heavy (non-hydrogen) atoms. The lowest BCUT2D eigenvalue weighted by atomic mass is 10.2. The Morgan fingerprint density at radius 3 is 3.00 bits per heavy atom. The van der Waals surface area contributed by atoms with Crippen LogP contribution in [0.2, 0.25) is 5.15 Å². The van der Waals surface area contributed by atoms with Gasteiger partial charge in [-0.3, -0.25) is 0 Å². The third kappa shape index (κ3) is 3.61. The van der Waals surface area contributed by atoms with Crippen molar-refractivity contribution in [3.8, 4) is 0 Å². The second-order valence-corrected chi connectivity index (χ2v) is 3.29. The minimum absolute atomic E-state index is 0.175. The first-order valence-corrected chi connectivity index (χ1v) is 4.60. The van der Waals surface area contributed by atoms with Gasteiger partial charge >= 0.3 is 0 Å². The molecule has 0 radical (unpaired) electrons. The van der Waals surface area contributed by atoms with E-state index in [0.717, 1.165) is 5.82 Å². The zero-order chi connectivity index (χ0) is 9.68. The standard InChI is InChI=1S/C9H13ClN2O/c1-7(5-6-13)11-9-4-2-3-8(10)12-9/h2-4,7,13H,5-6H2,1H3,(H,11,12)/t7-/m0/s1. The van der Waals surface area contributed by atoms with Crippen LogP contribution in [0.1, 0.15) is 13.3 Å². The Bertz CT molecular complexity index is 268. The molecule has 0 fully saturated rings. The summed E-state index contributed by atoms with van der Waals surface area (Å²) in [7, 11) is 0. The van der Waals surface area contributed by atoms with Gasteiger partial charge in [-0.2, -0.15) is 0 Å². The number of rotatable bonds is 4. The second kappa shape index (κ2) is 5.04. The second-order valence-electron chi connectivity index (χ2n) is 2.90. The van der Waals surface area contributed by atoms with E-state index in [9.17, 15) is 0 Å². The minimum atomic E-state index is 0.175. The third-order valence-electron chi connectivity index (χ3n) is 1.67. The van der Waals surface area contributed by atoms with E-state index in [-0.39, 0.29) is 12.6 Å². The van der Waals surface area contributed by atoms with Gasteiger partial charge in [-0.05, 0) is 25.5 Å². The fraction of sp³-hybridized carbons (Fsp3) is 0.444. The molecule has 0 aliphatic heterocycles. The highest BCUT2D eigenvalue weighted by atomic mass is 35.5. The number of nitrogens with zero attached hydrogens (tertiary/aromatic N) is 1. The van der Waals surface area contributed by atoms with Crippen LogP contribution in [0, 0.1) is 0 Å². The van der Waals surface area contributed by atoms with Crippen LogP contribution in [0.25, 0.3) is 0 Å². The topological polar surface area (TPSA) is 45.1 Å². The van der Waals surface area contributed by atoms with Gasteiger partial charge in [0.15, 0.2) is 0 Å². The molecule has 0 saturated carbocycles. The van der Waals surface area contributed by atoms with E-state index in [2.05, 4.69) is 10.3 Å². The van der Waals surface area contributed by atoms with Gasteiger partial charge in [0.2, 0.25) is 0 Å². The number of aromatic nitrogens is 1. The summed E-state index contributed by atoms with van der Waals surface area (Å²) in [5.41, 5.74) is 0. The van der Waals surface area contributed by atoms with E-state index in [0.29, 0.717) is 11.6 Å². The zero-order valence-electron chi connectivity index (χ0n) is 7.50. The summed E-state index contributed by atoms with van der Waals surface area (Å²) >= 11 is 5.70. The van der Waals surface area contributed by atoms with Crippen LogP contribution in [-0.4, -0.2) is 22.7 Å². The van der Waals surface area contributed by atoms with Gasteiger partial charge in [0.1, 0.15) is 11.0 Å². The number of hydrogen-bond acceptors (Lipinski definition) is 3. The SMILES string of the molecule is C[C@@H](CCO)Nc1cccc(Cl)n1. The average Bonchev–Trinajstić information content (AvgIpc) is 2.04. The van der Waals surface area contributed by atoms with Gasteiger partial charge in [-0.25, -0.2) is 4.98 Å². The molecule has 3 nitrogen and oxygen atoms in total. The third-order valence-corrected chi connectivity index (χ3v) is 1.88. The van der Waals surface area contributed by atoms with Crippen molar-refractivity contribution in [3.63, 3.8) is 0 Å². The van der Waals surface area contributed by atoms with Crippen molar-refractivity contribution in [1.82, 2.24) is 4.98 Å². The van der Waals surface area contributed by atoms with Crippen molar-refractivity contribution in [3.05, 3.63) is 23.4 Å². The van der Waals surface area contributed by atoms with E-state index < -0.39 is 0 Å². The summed E-state index contributed by atoms with van der Waals surface area (Å²) in [6, 6.07) is 5.61. The van der Waals surface area contributed by atoms with Crippen LogP contribution in [-0.2, 0) is 0 Å². The molecule has 0 unspecified atom stereocenters. The Kier molecular flexibility index (Phi) is 3.99. The van der Waals surface area contributed by atoms with Crippen LogP contribution < -0.4 is 5.32 Å². The Hall–Kier alpha value is -0.800. The van der Waals surface area contributed by atoms with Gasteiger partial charge in [-0.15, -0.1) is 0 Å². The summed E-state index contributed by atoms with van der Waals surface area (Å²) in [4.78, 5) is 4.07. The van der Waals surface area contributed by atoms with E-state index in [4.69, 9.17) is 16.7 Å². The maximum Gasteiger partial charge on any atom is 0.131 e. The maximum absolute atomic E-state index is 8.68. The van der Waals surface area contributed by atoms with Crippen molar-refractivity contribution in [2.45, 2.75) is 19.4 Å². The number of aliphatic hydroxyl groups is 1. The molecule has 1 atom stereocenters. The number of pyridine rings is 1. The maximum atomic E-state index is 8.68. The van der Waals surface area contributed by atoms with E-state index in [1.165, 1.54) is 0 Å². The highest BCUT2D eigenvalue weighted by Gasteiger charge is 2.01. The van der Waals surface area contributed by atoms with Crippen molar-refractivity contribution < 1.29 is 5.11 Å². The molecule has 4 heteroatoms. The van der Waals surface area contributed by atoms with Crippen molar-refractivity contribution >= 4 is 17.4 Å². The predicted octanol–water partition coefficient (Wildman–Crippen LogP) is 1.92. The molecule has 1 heterocycles. The van der Waals surface area contributed by atoms with Gasteiger partial charge in [0, 0.05) is 12.6 Å². The molecule has 0 aliphatic carbocycles. The lowest BCUT2D eigenvalue weighted by Gasteiger charge is -2.12. The molecule has 1 rings (SSSR count). The first-order chi connectivity index (χ1) is 6.22. The molecule has 1 aromatic heterocycles. The predicted molar refractivity (Wildman–Crippen MR) is 54.0 cm³/mol. The number of nitrogens with one attached hydrogen (secondary N) is 1. The van der Waals surface area contributed by atoms with E-state index in [1.54, 1.807) is 6.07 Å². The molecule has 0 aromatic carbocycles. The fourth-order valence-electron chi connectivity index (χ4n) is 1.01. The summed E-state index contributed by atoms with van der Waals surface area (Å²) in [5.74, 6) is 0.744. The first kappa shape index (κ1) is 10.3. The van der Waals surface area contributed by atoms with Crippen LogP contribution in [0.4, 0.5) is 5.82 Å². The lowest BCUT2D eigenvalue weighted by molar-refractivity contribution is 0.282. The fourth-order valence-corrected chi connectivity index (χ4v) is 1.17. The molecule has 0 amide bonds. The van der Waals surface area contributed by atoms with Gasteiger partial charge in [-0.1, -0.05) is 17.7 Å². The highest BCUT2D eigenvalue weighted by Crippen LogP contribution is 2.10. The van der Waals surface area contributed by atoms with Gasteiger partial charge in [0.05, 0.1) is 0 Å². The van der Waals surface area contributed by atoms with Crippen LogP contribution in [0.5, 0.6) is 0 Å². The Balaban J connectivity index is 2.53. The molecule has 1 aromatic rings. The van der Waals surface area contributed by atoms with Gasteiger partial charge in [0.25, 0.3) is 0 Å². The molecule has 0 aliphatic rings. The van der Waals surface area contributed by atoms with Crippen molar-refractivity contribution in [2.75, 3.05) is 11.9 Å². The smallest absolute Gasteiger partial charge is 0.131 e. The molecule has 0 spiro atoms. The normalized spacial score (nSPS) is 12.5. The van der Waals surface area contributed by atoms with E-state index >= 15 is 0 Å². The number of aliphatic hydroxyl groups excluding tert-OH is 1. The quantitative estimate of drug-likeness (QED) is 0.730. The molecular formula is C9H13ClN2O. The summed E-state index contributed by atoms with van der Waals surface area (Å²) in [6.45, 7) is 2.16. The lowest BCUT2D eigenvalue weighted by Crippen LogP contribution is -2.17. The van der Waals surface area contributed by atoms with Gasteiger partial charge < -0.3 is 10.4 Å². The Morgan fingerprint density at radius 1 is 1.62 bits per heavy atom. The summed E-state index contributed by atoms with van der Waals surface area (Å²) in [6.07, 6.45) is 0.703. The molecule has 2 N–H and O–H groups in total. The summed E-state index contributed by atoms with van der Waals surface area (Å²) < 4.78 is 0. The molecule has 0 bridgehead atoms. The number of anilines is 1. The van der Waals surface area contributed by atoms with Crippen LogP contribution in [0.3, 0.4) is 0 Å². The Morgan fingerprint density at radius 2 is 2.38 bits per heavy atom. The zero-order valence-corrected chi connectivity index (χ0v) is 8.25. The highest BCUT2D eigenvalue weighted by molar-refractivity contribution is 6.29. The van der Waals surface area contributed by atoms with E-state index in [1.807, 2.05) is 19.1 Å². The monoisotopic (exact) mass is 200 g/mol. The number of halogens is 1.